The molecule has 3 aromatic rings. The van der Waals surface area contributed by atoms with Crippen LogP contribution in [0, 0.1) is 0 Å². The summed E-state index contributed by atoms with van der Waals surface area (Å²) in [6, 6.07) is 24.4. The molecule has 1 heterocycles. The van der Waals surface area contributed by atoms with Crippen molar-refractivity contribution in [3.8, 4) is 0 Å². The molecular weight excluding hydrogens is 408 g/mol. The van der Waals surface area contributed by atoms with Crippen molar-refractivity contribution < 1.29 is 13.2 Å². The van der Waals surface area contributed by atoms with Crippen LogP contribution >= 0.6 is 0 Å². The third kappa shape index (κ3) is 5.21. The van der Waals surface area contributed by atoms with Crippen LogP contribution in [0.3, 0.4) is 0 Å². The largest absolute Gasteiger partial charge is 0.326 e. The highest BCUT2D eigenvalue weighted by Crippen LogP contribution is 2.27. The van der Waals surface area contributed by atoms with Crippen molar-refractivity contribution in [1.82, 2.24) is 4.31 Å². The molecule has 1 amide bonds. The summed E-state index contributed by atoms with van der Waals surface area (Å²) in [5, 5.41) is 2.96. The van der Waals surface area contributed by atoms with Gasteiger partial charge in [0.05, 0.1) is 4.90 Å². The molecule has 160 valence electrons. The average molecular weight is 435 g/mol. The van der Waals surface area contributed by atoms with E-state index in [4.69, 9.17) is 0 Å². The Labute approximate surface area is 183 Å². The van der Waals surface area contributed by atoms with Crippen LogP contribution < -0.4 is 5.32 Å². The highest BCUT2D eigenvalue weighted by Gasteiger charge is 2.28. The maximum Gasteiger partial charge on any atom is 0.243 e. The Hall–Kier alpha value is -2.96. The number of hydrogen-bond acceptors (Lipinski definition) is 3. The van der Waals surface area contributed by atoms with E-state index in [1.54, 1.807) is 30.3 Å². The number of amides is 1. The van der Waals surface area contributed by atoms with Crippen molar-refractivity contribution in [2.45, 2.75) is 37.1 Å². The number of fused-ring (bicyclic) bond motifs is 1. The Bertz CT molecular complexity index is 1150. The number of nitrogens with one attached hydrogen (secondary N) is 1. The molecule has 0 atom stereocenters. The fourth-order valence-electron chi connectivity index (χ4n) is 3.88. The number of sulfonamides is 1. The zero-order valence-corrected chi connectivity index (χ0v) is 18.1. The molecule has 6 heteroatoms. The van der Waals surface area contributed by atoms with Gasteiger partial charge in [-0.05, 0) is 60.2 Å². The molecule has 31 heavy (non-hydrogen) atoms. The molecule has 5 nitrogen and oxygen atoms in total. The maximum absolute atomic E-state index is 13.0. The third-order valence-electron chi connectivity index (χ3n) is 5.56. The van der Waals surface area contributed by atoms with Gasteiger partial charge in [0.15, 0.2) is 0 Å². The second kappa shape index (κ2) is 9.45. The first-order valence-corrected chi connectivity index (χ1v) is 12.0. The van der Waals surface area contributed by atoms with Gasteiger partial charge in [-0.25, -0.2) is 8.42 Å². The number of hydrogen-bond donors (Lipinski definition) is 1. The van der Waals surface area contributed by atoms with Crippen LogP contribution in [0.2, 0.25) is 0 Å². The second-order valence-corrected chi connectivity index (χ2v) is 9.71. The van der Waals surface area contributed by atoms with Crippen molar-refractivity contribution in [2.24, 2.45) is 0 Å². The molecule has 0 unspecified atom stereocenters. The van der Waals surface area contributed by atoms with Crippen molar-refractivity contribution >= 4 is 21.6 Å². The quantitative estimate of drug-likeness (QED) is 0.600. The van der Waals surface area contributed by atoms with E-state index in [2.05, 4.69) is 17.4 Å². The van der Waals surface area contributed by atoms with E-state index in [-0.39, 0.29) is 5.91 Å². The monoisotopic (exact) mass is 434 g/mol. The van der Waals surface area contributed by atoms with E-state index in [1.165, 1.54) is 9.87 Å². The number of rotatable bonds is 7. The highest BCUT2D eigenvalue weighted by atomic mass is 32.2. The summed E-state index contributed by atoms with van der Waals surface area (Å²) in [5.74, 6) is -0.0274. The molecule has 3 aromatic carbocycles. The van der Waals surface area contributed by atoms with Crippen LogP contribution in [-0.4, -0.2) is 25.2 Å². The van der Waals surface area contributed by atoms with E-state index in [9.17, 15) is 13.2 Å². The smallest absolute Gasteiger partial charge is 0.243 e. The Balaban J connectivity index is 1.38. The lowest BCUT2D eigenvalue weighted by Gasteiger charge is -2.28. The number of anilines is 1. The molecule has 0 aliphatic carbocycles. The number of aryl methyl sites for hydroxylation is 1. The summed E-state index contributed by atoms with van der Waals surface area (Å²) in [6.07, 6.45) is 2.75. The normalized spacial score (nSPS) is 14.1. The summed E-state index contributed by atoms with van der Waals surface area (Å²) < 4.78 is 27.4. The van der Waals surface area contributed by atoms with Crippen molar-refractivity contribution in [3.63, 3.8) is 0 Å². The van der Waals surface area contributed by atoms with Crippen LogP contribution in [0.15, 0.2) is 83.8 Å². The Morgan fingerprint density at radius 2 is 1.61 bits per heavy atom. The topological polar surface area (TPSA) is 66.5 Å². The first kappa shape index (κ1) is 21.3. The number of carbonyl (C=O) groups excluding carboxylic acids is 1. The molecule has 0 fully saturated rings. The number of carbonyl (C=O) groups is 1. The minimum atomic E-state index is -3.53. The van der Waals surface area contributed by atoms with Gasteiger partial charge in [-0.2, -0.15) is 4.31 Å². The van der Waals surface area contributed by atoms with E-state index in [1.807, 2.05) is 36.4 Å². The van der Waals surface area contributed by atoms with Crippen LogP contribution in [-0.2, 0) is 34.2 Å². The Kier molecular flexibility index (Phi) is 6.49. The van der Waals surface area contributed by atoms with Crippen LogP contribution in [0.5, 0.6) is 0 Å². The summed E-state index contributed by atoms with van der Waals surface area (Å²) in [4.78, 5) is 12.7. The highest BCUT2D eigenvalue weighted by molar-refractivity contribution is 7.89. The standard InChI is InChI=1S/C25H26N2O3S/c28-25(13-7-10-20-8-3-1-4-9-20)26-23-15-14-21-16-17-27(19-22(21)18-23)31(29,30)24-11-5-2-6-12-24/h1-6,8-9,11-12,14-15,18H,7,10,13,16-17,19H2,(H,26,28). The zero-order valence-electron chi connectivity index (χ0n) is 17.3. The molecule has 4 rings (SSSR count). The summed E-state index contributed by atoms with van der Waals surface area (Å²) in [7, 11) is -3.53. The molecule has 1 aliphatic heterocycles. The molecule has 0 radical (unpaired) electrons. The lowest BCUT2D eigenvalue weighted by atomic mass is 10.0. The number of benzene rings is 3. The maximum atomic E-state index is 13.0. The summed E-state index contributed by atoms with van der Waals surface area (Å²) >= 11 is 0. The third-order valence-corrected chi connectivity index (χ3v) is 7.42. The molecule has 1 N–H and O–H groups in total. The average Bonchev–Trinajstić information content (AvgIpc) is 2.80. The molecular formula is C25H26N2O3S. The lowest BCUT2D eigenvalue weighted by molar-refractivity contribution is -0.116. The molecule has 0 aromatic heterocycles. The molecule has 0 bridgehead atoms. The zero-order chi connectivity index (χ0) is 21.7. The van der Waals surface area contributed by atoms with Gasteiger partial charge < -0.3 is 5.32 Å². The van der Waals surface area contributed by atoms with Gasteiger partial charge in [-0.15, -0.1) is 0 Å². The minimum Gasteiger partial charge on any atom is -0.326 e. The minimum absolute atomic E-state index is 0.0274. The van der Waals surface area contributed by atoms with Crippen molar-refractivity contribution in [3.05, 3.63) is 95.6 Å². The summed E-state index contributed by atoms with van der Waals surface area (Å²) in [6.45, 7) is 0.764. The van der Waals surface area contributed by atoms with Gasteiger partial charge in [0, 0.05) is 25.2 Å². The molecule has 0 saturated carbocycles. The first-order chi connectivity index (χ1) is 15.0. The van der Waals surface area contributed by atoms with Crippen molar-refractivity contribution in [1.29, 1.82) is 0 Å². The Morgan fingerprint density at radius 1 is 0.903 bits per heavy atom. The molecule has 1 aliphatic rings. The fraction of sp³-hybridized carbons (Fsp3) is 0.240. The van der Waals surface area contributed by atoms with E-state index in [0.29, 0.717) is 36.5 Å². The SMILES string of the molecule is O=C(CCCc1ccccc1)Nc1ccc2c(c1)CN(S(=O)(=O)c1ccccc1)CC2. The van der Waals surface area contributed by atoms with Crippen LogP contribution in [0.25, 0.3) is 0 Å². The van der Waals surface area contributed by atoms with Crippen LogP contribution in [0.4, 0.5) is 5.69 Å². The fourth-order valence-corrected chi connectivity index (χ4v) is 5.32. The van der Waals surface area contributed by atoms with Crippen LogP contribution in [0.1, 0.15) is 29.5 Å². The first-order valence-electron chi connectivity index (χ1n) is 10.5. The lowest BCUT2D eigenvalue weighted by Crippen LogP contribution is -2.36. The van der Waals surface area contributed by atoms with Gasteiger partial charge in [0.2, 0.25) is 15.9 Å². The summed E-state index contributed by atoms with van der Waals surface area (Å²) in [5.41, 5.74) is 4.00. The van der Waals surface area contributed by atoms with Gasteiger partial charge in [-0.3, -0.25) is 4.79 Å². The van der Waals surface area contributed by atoms with E-state index in [0.717, 1.165) is 24.0 Å². The second-order valence-electron chi connectivity index (χ2n) is 7.77. The van der Waals surface area contributed by atoms with Gasteiger partial charge >= 0.3 is 0 Å². The Morgan fingerprint density at radius 3 is 2.35 bits per heavy atom. The number of nitrogens with zero attached hydrogens (tertiary/aromatic N) is 1. The predicted octanol–water partition coefficient (Wildman–Crippen LogP) is 4.40. The van der Waals surface area contributed by atoms with Gasteiger partial charge in [-0.1, -0.05) is 54.6 Å². The molecule has 0 saturated heterocycles. The van der Waals surface area contributed by atoms with Gasteiger partial charge in [0.1, 0.15) is 0 Å². The van der Waals surface area contributed by atoms with E-state index < -0.39 is 10.0 Å². The van der Waals surface area contributed by atoms with E-state index >= 15 is 0 Å². The van der Waals surface area contributed by atoms with Crippen molar-refractivity contribution in [2.75, 3.05) is 11.9 Å². The molecule has 0 spiro atoms. The predicted molar refractivity (Wildman–Crippen MR) is 122 cm³/mol. The van der Waals surface area contributed by atoms with Gasteiger partial charge in [0.25, 0.3) is 0 Å².